The number of hydrogen-bond donors (Lipinski definition) is 1. The van der Waals surface area contributed by atoms with E-state index in [4.69, 9.17) is 25.5 Å². The van der Waals surface area contributed by atoms with Gasteiger partial charge in [-0.1, -0.05) is 18.5 Å². The molecule has 1 N–H and O–H groups in total. The van der Waals surface area contributed by atoms with Crippen molar-refractivity contribution in [1.82, 2.24) is 9.99 Å². The van der Waals surface area contributed by atoms with Crippen LogP contribution in [0, 0.1) is 13.8 Å². The van der Waals surface area contributed by atoms with E-state index in [-0.39, 0.29) is 18.5 Å². The average molecular weight is 599 g/mol. The third-order valence-corrected chi connectivity index (χ3v) is 6.74. The summed E-state index contributed by atoms with van der Waals surface area (Å²) in [6.07, 6.45) is 2.33. The fourth-order valence-corrected chi connectivity index (χ4v) is 4.73. The maximum Gasteiger partial charge on any atom is 0.307 e. The molecule has 0 aliphatic rings. The van der Waals surface area contributed by atoms with Gasteiger partial charge in [-0.05, 0) is 104 Å². The van der Waals surface area contributed by atoms with Crippen LogP contribution in [-0.2, 0) is 6.61 Å². The van der Waals surface area contributed by atoms with Crippen LogP contribution in [0.1, 0.15) is 53.5 Å². The molecule has 4 aromatic rings. The summed E-state index contributed by atoms with van der Waals surface area (Å²) >= 11 is 9.67. The zero-order valence-corrected chi connectivity index (χ0v) is 24.0. The van der Waals surface area contributed by atoms with Crippen molar-refractivity contribution in [1.29, 1.82) is 0 Å². The van der Waals surface area contributed by atoms with Gasteiger partial charge in [-0.25, -0.2) is 5.43 Å². The first kappa shape index (κ1) is 27.5. The van der Waals surface area contributed by atoms with Crippen molar-refractivity contribution in [2.75, 3.05) is 0 Å². The predicted molar refractivity (Wildman–Crippen MR) is 153 cm³/mol. The number of benzene rings is 2. The predicted octanol–water partition coefficient (Wildman–Crippen LogP) is 7.62. The first-order valence-electron chi connectivity index (χ1n) is 12.2. The Bertz CT molecular complexity index is 1420. The molecule has 2 aromatic carbocycles. The minimum absolute atomic E-state index is 0.00342. The van der Waals surface area contributed by atoms with E-state index in [9.17, 15) is 4.79 Å². The number of hydrazone groups is 1. The SMILES string of the molecule is CC[C@H](C)Oc1c(Br)cc(Cl)cc1/C=N/NC(=O)c1ccc(COc2ccc(-n3c(C)ccc3C)cc2)o1. The fourth-order valence-electron chi connectivity index (χ4n) is 3.80. The van der Waals surface area contributed by atoms with Crippen LogP contribution in [0.3, 0.4) is 0 Å². The van der Waals surface area contributed by atoms with Crippen molar-refractivity contribution in [2.24, 2.45) is 5.10 Å². The maximum absolute atomic E-state index is 12.5. The van der Waals surface area contributed by atoms with Crippen LogP contribution in [0.4, 0.5) is 0 Å². The van der Waals surface area contributed by atoms with Gasteiger partial charge in [0.2, 0.25) is 0 Å². The number of carbonyl (C=O) groups is 1. The Morgan fingerprint density at radius 2 is 1.84 bits per heavy atom. The highest BCUT2D eigenvalue weighted by Crippen LogP contribution is 2.33. The van der Waals surface area contributed by atoms with Gasteiger partial charge in [0.25, 0.3) is 0 Å². The van der Waals surface area contributed by atoms with Crippen molar-refractivity contribution in [3.05, 3.63) is 98.6 Å². The van der Waals surface area contributed by atoms with Gasteiger partial charge >= 0.3 is 5.91 Å². The van der Waals surface area contributed by atoms with E-state index in [1.165, 1.54) is 17.6 Å². The van der Waals surface area contributed by atoms with Crippen LogP contribution in [0.2, 0.25) is 5.02 Å². The summed E-state index contributed by atoms with van der Waals surface area (Å²) in [6, 6.07) is 18.8. The second-order valence-corrected chi connectivity index (χ2v) is 10.1. The van der Waals surface area contributed by atoms with Crippen molar-refractivity contribution >= 4 is 39.7 Å². The van der Waals surface area contributed by atoms with E-state index < -0.39 is 5.91 Å². The zero-order valence-electron chi connectivity index (χ0n) is 21.6. The van der Waals surface area contributed by atoms with Gasteiger partial charge < -0.3 is 18.5 Å². The highest BCUT2D eigenvalue weighted by atomic mass is 79.9. The number of ether oxygens (including phenoxy) is 2. The van der Waals surface area contributed by atoms with Crippen molar-refractivity contribution in [2.45, 2.75) is 46.8 Å². The highest BCUT2D eigenvalue weighted by molar-refractivity contribution is 9.10. The Kier molecular flexibility index (Phi) is 8.97. The van der Waals surface area contributed by atoms with Gasteiger partial charge in [0.15, 0.2) is 5.76 Å². The van der Waals surface area contributed by atoms with E-state index >= 15 is 0 Å². The van der Waals surface area contributed by atoms with Crippen LogP contribution in [0.25, 0.3) is 5.69 Å². The number of nitrogens with zero attached hydrogens (tertiary/aromatic N) is 2. The number of amides is 1. The average Bonchev–Trinajstić information content (AvgIpc) is 3.51. The van der Waals surface area contributed by atoms with Crippen LogP contribution in [-0.4, -0.2) is 22.8 Å². The Morgan fingerprint density at radius 3 is 2.53 bits per heavy atom. The molecule has 0 radical (unpaired) electrons. The van der Waals surface area contributed by atoms with E-state index in [1.54, 1.807) is 24.3 Å². The third-order valence-electron chi connectivity index (χ3n) is 5.93. The number of nitrogens with one attached hydrogen (secondary N) is 1. The van der Waals surface area contributed by atoms with Gasteiger partial charge in [0, 0.05) is 27.7 Å². The van der Waals surface area contributed by atoms with Crippen molar-refractivity contribution < 1.29 is 18.7 Å². The molecule has 1 atom stereocenters. The molecule has 0 saturated heterocycles. The number of aromatic nitrogens is 1. The molecule has 0 unspecified atom stereocenters. The van der Waals surface area contributed by atoms with Crippen LogP contribution in [0.15, 0.2) is 74.7 Å². The summed E-state index contributed by atoms with van der Waals surface area (Å²) in [4.78, 5) is 12.5. The third kappa shape index (κ3) is 6.68. The first-order chi connectivity index (χ1) is 18.2. The molecule has 2 aromatic heterocycles. The molecule has 198 valence electrons. The molecule has 4 rings (SSSR count). The van der Waals surface area contributed by atoms with Crippen LogP contribution >= 0.6 is 27.5 Å². The number of aryl methyl sites for hydroxylation is 2. The maximum atomic E-state index is 12.5. The van der Waals surface area contributed by atoms with E-state index in [0.29, 0.717) is 32.3 Å². The molecule has 0 fully saturated rings. The molecular weight excluding hydrogens is 570 g/mol. The molecule has 38 heavy (non-hydrogen) atoms. The summed E-state index contributed by atoms with van der Waals surface area (Å²) in [5.74, 6) is 1.46. The standard InChI is InChI=1S/C29H29BrClN3O4/c1-5-20(4)37-28-21(14-22(31)15-26(28)30)16-32-33-29(35)27-13-12-25(38-27)17-36-24-10-8-23(9-11-24)34-18(2)6-7-19(34)3/h6-16,20H,5,17H2,1-4H3,(H,33,35)/b32-16+/t20-/m0/s1. The van der Waals surface area contributed by atoms with Gasteiger partial charge in [0.1, 0.15) is 23.9 Å². The van der Waals surface area contributed by atoms with E-state index in [0.717, 1.165) is 12.1 Å². The summed E-state index contributed by atoms with van der Waals surface area (Å²) in [7, 11) is 0. The molecule has 0 aliphatic heterocycles. The van der Waals surface area contributed by atoms with Crippen LogP contribution in [0.5, 0.6) is 11.5 Å². The molecule has 0 aliphatic carbocycles. The lowest BCUT2D eigenvalue weighted by molar-refractivity contribution is 0.0923. The molecule has 0 spiro atoms. The Labute approximate surface area is 235 Å². The molecule has 9 heteroatoms. The fraction of sp³-hybridized carbons (Fsp3) is 0.241. The lowest BCUT2D eigenvalue weighted by atomic mass is 10.2. The Hall–Kier alpha value is -3.49. The van der Waals surface area contributed by atoms with Crippen molar-refractivity contribution in [3.8, 4) is 17.2 Å². The second kappa shape index (κ2) is 12.4. The number of carbonyl (C=O) groups excluding carboxylic acids is 1. The molecule has 0 bridgehead atoms. The number of halogens is 2. The molecule has 0 saturated carbocycles. The summed E-state index contributed by atoms with van der Waals surface area (Å²) in [5, 5.41) is 4.58. The minimum Gasteiger partial charge on any atom is -0.489 e. The van der Waals surface area contributed by atoms with Gasteiger partial charge in [-0.2, -0.15) is 5.10 Å². The summed E-state index contributed by atoms with van der Waals surface area (Å²) in [6.45, 7) is 8.34. The van der Waals surface area contributed by atoms with Gasteiger partial charge in [-0.15, -0.1) is 0 Å². The second-order valence-electron chi connectivity index (χ2n) is 8.84. The molecule has 1 amide bonds. The topological polar surface area (TPSA) is 78.0 Å². The van der Waals surface area contributed by atoms with E-state index in [1.807, 2.05) is 38.1 Å². The Morgan fingerprint density at radius 1 is 1.13 bits per heavy atom. The van der Waals surface area contributed by atoms with E-state index in [2.05, 4.69) is 57.0 Å². The number of rotatable bonds is 10. The molecule has 7 nitrogen and oxygen atoms in total. The number of furan rings is 1. The molecule has 2 heterocycles. The minimum atomic E-state index is -0.486. The summed E-state index contributed by atoms with van der Waals surface area (Å²) < 4.78 is 20.3. The monoisotopic (exact) mass is 597 g/mol. The largest absolute Gasteiger partial charge is 0.489 e. The number of hydrogen-bond acceptors (Lipinski definition) is 5. The Balaban J connectivity index is 1.35. The zero-order chi connectivity index (χ0) is 27.2. The quantitative estimate of drug-likeness (QED) is 0.150. The summed E-state index contributed by atoms with van der Waals surface area (Å²) in [5.41, 5.74) is 6.51. The highest BCUT2D eigenvalue weighted by Gasteiger charge is 2.14. The lowest BCUT2D eigenvalue weighted by Crippen LogP contribution is -2.17. The lowest BCUT2D eigenvalue weighted by Gasteiger charge is -2.16. The normalized spacial score (nSPS) is 12.1. The van der Waals surface area contributed by atoms with Crippen LogP contribution < -0.4 is 14.9 Å². The van der Waals surface area contributed by atoms with Gasteiger partial charge in [-0.3, -0.25) is 4.79 Å². The van der Waals surface area contributed by atoms with Gasteiger partial charge in [0.05, 0.1) is 16.8 Å². The smallest absolute Gasteiger partial charge is 0.307 e. The first-order valence-corrected chi connectivity index (χ1v) is 13.4. The molecular formula is C29H29BrClN3O4. The van der Waals surface area contributed by atoms with Crippen molar-refractivity contribution in [3.63, 3.8) is 0 Å².